The van der Waals surface area contributed by atoms with Gasteiger partial charge in [-0.3, -0.25) is 0 Å². The molecule has 5 saturated heterocycles. The largest absolute Gasteiger partial charge is 0.479 e. The highest BCUT2D eigenvalue weighted by atomic mass is 16.8. The Morgan fingerprint density at radius 2 is 0.794 bits per heavy atom. The molecule has 25 nitrogen and oxygen atoms in total. The van der Waals surface area contributed by atoms with Crippen LogP contribution in [-0.4, -0.2) is 264 Å². The Hall–Kier alpha value is -1.45. The summed E-state index contributed by atoms with van der Waals surface area (Å²) < 4.78 is 93.3. The van der Waals surface area contributed by atoms with Gasteiger partial charge in [-0.2, -0.15) is 0 Å². The molecule has 0 aromatic carbocycles. The van der Waals surface area contributed by atoms with Crippen LogP contribution >= 0.6 is 0 Å². The average molecular weight is 923 g/mol. The fraction of sp³-hybridized carbons (Fsp3) is 0.974. The first kappa shape index (κ1) is 52.5. The average Bonchev–Trinajstić information content (AvgIpc) is 3.28. The second kappa shape index (κ2) is 23.5. The highest BCUT2D eigenvalue weighted by molar-refractivity contribution is 5.73. The third-order valence-corrected chi connectivity index (χ3v) is 12.3. The maximum absolute atomic E-state index is 12.8. The third-order valence-electron chi connectivity index (χ3n) is 12.3. The first-order chi connectivity index (χ1) is 30.1. The van der Waals surface area contributed by atoms with Crippen LogP contribution in [0.4, 0.5) is 0 Å². The zero-order valence-corrected chi connectivity index (χ0v) is 36.6. The van der Waals surface area contributed by atoms with Crippen LogP contribution in [0, 0.1) is 5.92 Å². The second-order valence-electron chi connectivity index (χ2n) is 15.8. The number of methoxy groups -OCH3 is 7. The zero-order chi connectivity index (χ0) is 46.4. The van der Waals surface area contributed by atoms with Crippen LogP contribution in [0.15, 0.2) is 0 Å². The Morgan fingerprint density at radius 3 is 1.25 bits per heavy atom. The minimum atomic E-state index is -1.88. The van der Waals surface area contributed by atoms with Gasteiger partial charge in [0, 0.05) is 55.7 Å². The van der Waals surface area contributed by atoms with Gasteiger partial charge in [-0.25, -0.2) is 4.79 Å². The lowest BCUT2D eigenvalue weighted by molar-refractivity contribution is -0.392. The molecule has 0 bridgehead atoms. The molecule has 0 amide bonds. The van der Waals surface area contributed by atoms with Crippen LogP contribution < -0.4 is 0 Å². The monoisotopic (exact) mass is 922 g/mol. The Labute approximate surface area is 364 Å². The number of aliphatic hydroxyl groups is 7. The second-order valence-corrected chi connectivity index (χ2v) is 15.8. The molecule has 10 unspecified atom stereocenters. The van der Waals surface area contributed by atoms with Crippen LogP contribution in [0.25, 0.3) is 0 Å². The van der Waals surface area contributed by atoms with Crippen LogP contribution in [0.2, 0.25) is 0 Å². The Bertz CT molecular complexity index is 1380. The molecule has 0 radical (unpaired) electrons. The summed E-state index contributed by atoms with van der Waals surface area (Å²) in [5.41, 5.74) is 0. The van der Waals surface area contributed by atoms with Crippen molar-refractivity contribution in [3.63, 3.8) is 0 Å². The maximum Gasteiger partial charge on any atom is 0.335 e. The molecule has 5 heterocycles. The molecule has 5 rings (SSSR count). The molecule has 5 aliphatic rings. The first-order valence-electron chi connectivity index (χ1n) is 20.5. The summed E-state index contributed by atoms with van der Waals surface area (Å²) in [5.74, 6) is -1.85. The fourth-order valence-electron chi connectivity index (χ4n) is 8.89. The quantitative estimate of drug-likeness (QED) is 0.0602. The molecule has 5 fully saturated rings. The van der Waals surface area contributed by atoms with Gasteiger partial charge in [0.2, 0.25) is 0 Å². The molecule has 0 aromatic heterocycles. The number of hydrogen-bond donors (Lipinski definition) is 8. The number of aliphatic carboxylic acids is 1. The van der Waals surface area contributed by atoms with E-state index in [9.17, 15) is 45.6 Å². The topological polar surface area (TPSA) is 327 Å². The number of carboxylic acid groups (broad SMARTS) is 1. The van der Waals surface area contributed by atoms with Gasteiger partial charge in [0.1, 0.15) is 91.6 Å². The molecule has 0 saturated carbocycles. The molecule has 0 aromatic rings. The van der Waals surface area contributed by atoms with E-state index < -0.39 is 173 Å². The number of rotatable bonds is 19. The van der Waals surface area contributed by atoms with E-state index in [0.717, 1.165) is 0 Å². The SMILES string of the molecule is COC1C(OC)[C@H](O[C@H]2O[C@H](CO)[C@@H](O[C@@H]3OC(C(=O)O)[C@H](O[C@@H]4OC(CO)[C@H](C)[C@H](OC)C4OC)[C@H](OC)C3OC)C(O)C2O)[C@H](C)O[C@@H]1O[C@H]1C(CO)O[C@@H](OC)C(O)[C@H]1O. The lowest BCUT2D eigenvalue weighted by atomic mass is 9.90. The van der Waals surface area contributed by atoms with E-state index in [-0.39, 0.29) is 5.92 Å². The lowest BCUT2D eigenvalue weighted by Crippen LogP contribution is -2.68. The summed E-state index contributed by atoms with van der Waals surface area (Å²) in [6.07, 6.45) is -31.8. The van der Waals surface area contributed by atoms with Crippen molar-refractivity contribution in [2.24, 2.45) is 5.92 Å². The molecule has 368 valence electrons. The van der Waals surface area contributed by atoms with Gasteiger partial charge < -0.3 is 117 Å². The van der Waals surface area contributed by atoms with Crippen molar-refractivity contribution < 1.29 is 121 Å². The molecular weight excluding hydrogens is 856 g/mol. The highest BCUT2D eigenvalue weighted by Crippen LogP contribution is 2.38. The van der Waals surface area contributed by atoms with Crippen LogP contribution in [0.5, 0.6) is 0 Å². The van der Waals surface area contributed by atoms with E-state index in [1.54, 1.807) is 13.8 Å². The Morgan fingerprint density at radius 1 is 0.413 bits per heavy atom. The normalized spacial score (nSPS) is 48.5. The van der Waals surface area contributed by atoms with Crippen molar-refractivity contribution >= 4 is 5.97 Å². The molecule has 25 atom stereocenters. The number of ether oxygens (including phenoxy) is 16. The summed E-state index contributed by atoms with van der Waals surface area (Å²) in [5, 5.41) is 85.3. The van der Waals surface area contributed by atoms with Crippen molar-refractivity contribution in [1.29, 1.82) is 0 Å². The number of hydrogen-bond acceptors (Lipinski definition) is 24. The lowest BCUT2D eigenvalue weighted by Gasteiger charge is -2.50. The Balaban J connectivity index is 1.30. The zero-order valence-electron chi connectivity index (χ0n) is 36.6. The van der Waals surface area contributed by atoms with Crippen molar-refractivity contribution in [3.8, 4) is 0 Å². The van der Waals surface area contributed by atoms with Crippen LogP contribution in [-0.2, 0) is 80.6 Å². The van der Waals surface area contributed by atoms with Gasteiger partial charge in [0.25, 0.3) is 0 Å². The standard InChI is InChI=1S/C38H66O25/c1-13-15(10-39)56-37(30(51-6)22(13)48-3)62-28-27(50-5)32(53-8)38(63-29(28)33(46)47)61-25-17(12-41)58-35(21(45)19(25)43)59-23-14(2)55-36(31(52-7)26(23)49-4)60-24-16(11-40)57-34(54-9)20(44)18(24)42/h13-32,34-45H,10-12H2,1-9H3,(H,46,47)/t13-,14-,15?,16?,17+,18+,19?,20?,21?,22-,23+,24-,25+,26?,27-,28+,29?,30?,31?,32?,34+,35+,36+,37-,38+/m0/s1. The summed E-state index contributed by atoms with van der Waals surface area (Å²) in [7, 11) is 9.30. The van der Waals surface area contributed by atoms with Gasteiger partial charge in [-0.1, -0.05) is 6.92 Å². The predicted molar refractivity (Wildman–Crippen MR) is 202 cm³/mol. The summed E-state index contributed by atoms with van der Waals surface area (Å²) in [4.78, 5) is 12.8. The minimum absolute atomic E-state index is 0.342. The van der Waals surface area contributed by atoms with Crippen LogP contribution in [0.3, 0.4) is 0 Å². The number of aliphatic hydroxyl groups excluding tert-OH is 7. The first-order valence-corrected chi connectivity index (χ1v) is 20.5. The molecule has 0 aliphatic carbocycles. The molecule has 63 heavy (non-hydrogen) atoms. The van der Waals surface area contributed by atoms with Gasteiger partial charge in [0.05, 0.1) is 38.1 Å². The van der Waals surface area contributed by atoms with E-state index in [1.807, 2.05) is 0 Å². The van der Waals surface area contributed by atoms with Crippen molar-refractivity contribution in [2.75, 3.05) is 69.6 Å². The van der Waals surface area contributed by atoms with E-state index in [0.29, 0.717) is 0 Å². The number of carboxylic acids is 1. The van der Waals surface area contributed by atoms with Gasteiger partial charge in [-0.15, -0.1) is 0 Å². The molecular formula is C38H66O25. The molecule has 8 N–H and O–H groups in total. The molecule has 0 spiro atoms. The van der Waals surface area contributed by atoms with Gasteiger partial charge >= 0.3 is 5.97 Å². The Kier molecular flexibility index (Phi) is 19.6. The summed E-state index contributed by atoms with van der Waals surface area (Å²) >= 11 is 0. The van der Waals surface area contributed by atoms with Crippen molar-refractivity contribution in [1.82, 2.24) is 0 Å². The fourth-order valence-corrected chi connectivity index (χ4v) is 8.89. The highest BCUT2D eigenvalue weighted by Gasteiger charge is 2.58. The minimum Gasteiger partial charge on any atom is -0.479 e. The molecule has 5 aliphatic heterocycles. The van der Waals surface area contributed by atoms with Crippen molar-refractivity contribution in [3.05, 3.63) is 0 Å². The molecule has 25 heteroatoms. The summed E-state index contributed by atoms with van der Waals surface area (Å²) in [6, 6.07) is 0. The van der Waals surface area contributed by atoms with Gasteiger partial charge in [-0.05, 0) is 6.92 Å². The van der Waals surface area contributed by atoms with Gasteiger partial charge in [0.15, 0.2) is 37.6 Å². The van der Waals surface area contributed by atoms with E-state index in [2.05, 4.69) is 0 Å². The van der Waals surface area contributed by atoms with E-state index in [4.69, 9.17) is 75.8 Å². The number of carbonyl (C=O) groups is 1. The van der Waals surface area contributed by atoms with E-state index in [1.165, 1.54) is 49.8 Å². The van der Waals surface area contributed by atoms with Crippen LogP contribution in [0.1, 0.15) is 13.8 Å². The third kappa shape index (κ3) is 10.8. The smallest absolute Gasteiger partial charge is 0.335 e. The summed E-state index contributed by atoms with van der Waals surface area (Å²) in [6.45, 7) is 1.54. The maximum atomic E-state index is 12.8. The van der Waals surface area contributed by atoms with Crippen molar-refractivity contribution in [2.45, 2.75) is 161 Å². The predicted octanol–water partition coefficient (Wildman–Crippen LogP) is -4.95. The van der Waals surface area contributed by atoms with E-state index >= 15 is 0 Å².